The van der Waals surface area contributed by atoms with Crippen LogP contribution in [0.1, 0.15) is 15.9 Å². The minimum Gasteiger partial charge on any atom is -0.859 e. The highest BCUT2D eigenvalue weighted by Gasteiger charge is 2.12. The molecule has 0 saturated carbocycles. The molecule has 1 aromatic carbocycles. The Morgan fingerprint density at radius 3 is 2.45 bits per heavy atom. The molecule has 0 saturated heterocycles. The number of aromatic nitrogens is 1. The molecule has 0 fully saturated rings. The zero-order valence-corrected chi connectivity index (χ0v) is 12.1. The lowest BCUT2D eigenvalue weighted by Crippen LogP contribution is -2.38. The number of benzene rings is 1. The predicted octanol–water partition coefficient (Wildman–Crippen LogP) is 1.26. The highest BCUT2D eigenvalue weighted by Crippen LogP contribution is 2.03. The van der Waals surface area contributed by atoms with Crippen molar-refractivity contribution in [2.45, 2.75) is 6.54 Å². The van der Waals surface area contributed by atoms with Crippen molar-refractivity contribution < 1.29 is 18.9 Å². The Labute approximate surface area is 125 Å². The third kappa shape index (κ3) is 3.96. The molecule has 4 nitrogen and oxygen atoms in total. The van der Waals surface area contributed by atoms with E-state index in [0.29, 0.717) is 5.56 Å². The molecule has 0 unspecified atom stereocenters. The molecule has 0 aliphatic heterocycles. The smallest absolute Gasteiger partial charge is 0.227 e. The van der Waals surface area contributed by atoms with Crippen LogP contribution in [-0.4, -0.2) is 11.7 Å². The minimum atomic E-state index is -0.802. The van der Waals surface area contributed by atoms with Crippen molar-refractivity contribution in [3.63, 3.8) is 0 Å². The Balaban J connectivity index is 0.00000200. The zero-order chi connectivity index (χ0) is 13.8. The summed E-state index contributed by atoms with van der Waals surface area (Å²) in [6.45, 7) is 0.0345. The summed E-state index contributed by atoms with van der Waals surface area (Å²) in [6.07, 6.45) is 3.07. The van der Waals surface area contributed by atoms with Crippen molar-refractivity contribution in [2.24, 2.45) is 0 Å². The van der Waals surface area contributed by atoms with Crippen molar-refractivity contribution in [2.75, 3.05) is 0 Å². The fourth-order valence-corrected chi connectivity index (χ4v) is 1.65. The van der Waals surface area contributed by atoms with Crippen LogP contribution in [-0.2, 0) is 6.54 Å². The first kappa shape index (κ1) is 16.0. The van der Waals surface area contributed by atoms with E-state index in [2.05, 4.69) is 0 Å². The van der Waals surface area contributed by atoms with Gasteiger partial charge in [-0.3, -0.25) is 4.79 Å². The quantitative estimate of drug-likeness (QED) is 0.394. The highest BCUT2D eigenvalue weighted by atomic mass is 79.9. The highest BCUT2D eigenvalue weighted by molar-refractivity contribution is 8.93. The molecule has 20 heavy (non-hydrogen) atoms. The predicted molar refractivity (Wildman–Crippen MR) is 74.5 cm³/mol. The summed E-state index contributed by atoms with van der Waals surface area (Å²) in [5.41, 5.74) is 0.617. The lowest BCUT2D eigenvalue weighted by molar-refractivity contribution is -0.683. The summed E-state index contributed by atoms with van der Waals surface area (Å²) in [6, 6.07) is 8.38. The van der Waals surface area contributed by atoms with Crippen LogP contribution in [0.3, 0.4) is 0 Å². The molecular weight excluding hydrogens is 327 g/mol. The van der Waals surface area contributed by atoms with Crippen LogP contribution in [0.25, 0.3) is 0 Å². The molecule has 1 aromatic heterocycles. The van der Waals surface area contributed by atoms with Gasteiger partial charge in [0.2, 0.25) is 12.3 Å². The summed E-state index contributed by atoms with van der Waals surface area (Å²) in [7, 11) is 0. The largest absolute Gasteiger partial charge is 0.859 e. The average Bonchev–Trinajstić information content (AvgIpc) is 2.39. The number of nitrogens with zero attached hydrogens (tertiary/aromatic N) is 1. The van der Waals surface area contributed by atoms with Gasteiger partial charge in [-0.05, 0) is 36.2 Å². The molecule has 0 aliphatic carbocycles. The van der Waals surface area contributed by atoms with Crippen LogP contribution in [0.5, 0.6) is 0 Å². The number of Topliss-reactive ketones (excluding diaryl/α,β-unsaturated/α-hetero) is 1. The van der Waals surface area contributed by atoms with Gasteiger partial charge in [0.05, 0.1) is 0 Å². The molecule has 0 bridgehead atoms. The maximum absolute atomic E-state index is 12.7. The van der Waals surface area contributed by atoms with Gasteiger partial charge in [-0.1, -0.05) is 0 Å². The van der Waals surface area contributed by atoms with Crippen molar-refractivity contribution >= 4 is 28.7 Å². The first-order chi connectivity index (χ1) is 9.06. The zero-order valence-electron chi connectivity index (χ0n) is 10.4. The van der Waals surface area contributed by atoms with Gasteiger partial charge in [0.25, 0.3) is 0 Å². The number of hydrogen-bond donors (Lipinski definition) is 1. The second-order valence-electron chi connectivity index (χ2n) is 4.02. The first-order valence-electron chi connectivity index (χ1n) is 5.60. The minimum absolute atomic E-state index is 0. The lowest BCUT2D eigenvalue weighted by Gasteiger charge is -2.05. The van der Waals surface area contributed by atoms with E-state index in [-0.39, 0.29) is 34.9 Å². The summed E-state index contributed by atoms with van der Waals surface area (Å²) < 4.78 is 14.3. The first-order valence-corrected chi connectivity index (χ1v) is 5.60. The molecule has 6 heteroatoms. The maximum atomic E-state index is 12.7. The van der Waals surface area contributed by atoms with E-state index in [1.54, 1.807) is 12.3 Å². The number of carbonyl (C=O) groups excluding carboxylic acids is 1. The summed E-state index contributed by atoms with van der Waals surface area (Å²) in [5.74, 6) is -1.39. The van der Waals surface area contributed by atoms with E-state index in [1.807, 2.05) is 0 Å². The molecule has 0 radical (unpaired) electrons. The molecule has 0 atom stereocenters. The molecule has 104 valence electrons. The molecule has 2 rings (SSSR count). The standard InChI is InChI=1S/C14H11FN2O2.BrH/c15-12-5-3-10(4-6-12)13(18)9-17-7-1-2-11(8-17)14(16)19;/h1-8H,9H2,(H-,16,19);1H. The molecule has 0 spiro atoms. The molecule has 1 N–H and O–H groups in total. The molecule has 0 amide bonds. The third-order valence-corrected chi connectivity index (χ3v) is 2.61. The number of nitrogens with one attached hydrogen (secondary N) is 1. The lowest BCUT2D eigenvalue weighted by atomic mass is 10.1. The van der Waals surface area contributed by atoms with Gasteiger partial charge in [0.15, 0.2) is 12.4 Å². The van der Waals surface area contributed by atoms with Crippen molar-refractivity contribution in [1.29, 1.82) is 5.41 Å². The molecule has 2 aromatic rings. The number of pyridine rings is 1. The summed E-state index contributed by atoms with van der Waals surface area (Å²) in [5, 5.41) is 17.9. The van der Waals surface area contributed by atoms with Crippen molar-refractivity contribution in [3.05, 3.63) is 65.7 Å². The molecule has 1 heterocycles. The fourth-order valence-electron chi connectivity index (χ4n) is 1.65. The number of hydrogen-bond acceptors (Lipinski definition) is 3. The van der Waals surface area contributed by atoms with Crippen molar-refractivity contribution in [1.82, 2.24) is 0 Å². The second kappa shape index (κ2) is 6.91. The fraction of sp³-hybridized carbons (Fsp3) is 0.0714. The summed E-state index contributed by atoms with van der Waals surface area (Å²) >= 11 is 0. The normalized spacial score (nSPS) is 9.65. The maximum Gasteiger partial charge on any atom is 0.227 e. The Kier molecular flexibility index (Phi) is 5.52. The van der Waals surface area contributed by atoms with Gasteiger partial charge < -0.3 is 10.5 Å². The molecular formula is C14H12BrFN2O2. The van der Waals surface area contributed by atoms with Gasteiger partial charge >= 0.3 is 0 Å². The number of ketones is 1. The van der Waals surface area contributed by atoms with Crippen LogP contribution in [0.15, 0.2) is 48.8 Å². The van der Waals surface area contributed by atoms with E-state index < -0.39 is 11.7 Å². The van der Waals surface area contributed by atoms with Gasteiger partial charge in [-0.15, -0.1) is 17.0 Å². The topological polar surface area (TPSA) is 67.9 Å². The Hall–Kier alpha value is -2.08. The van der Waals surface area contributed by atoms with Crippen LogP contribution in [0.2, 0.25) is 0 Å². The van der Waals surface area contributed by atoms with Crippen LogP contribution >= 0.6 is 17.0 Å². The summed E-state index contributed by atoms with van der Waals surface area (Å²) in [4.78, 5) is 11.9. The average molecular weight is 339 g/mol. The Morgan fingerprint density at radius 2 is 1.85 bits per heavy atom. The van der Waals surface area contributed by atoms with Gasteiger partial charge in [0.1, 0.15) is 5.82 Å². The Morgan fingerprint density at radius 1 is 1.20 bits per heavy atom. The van der Waals surface area contributed by atoms with E-state index in [1.165, 1.54) is 41.1 Å². The van der Waals surface area contributed by atoms with Crippen LogP contribution in [0, 0.1) is 11.2 Å². The van der Waals surface area contributed by atoms with E-state index in [0.717, 1.165) is 0 Å². The van der Waals surface area contributed by atoms with Crippen LogP contribution < -0.4 is 9.67 Å². The monoisotopic (exact) mass is 338 g/mol. The SMILES string of the molecule is Br.N=C([O-])c1ccc[n+](CC(=O)c2ccc(F)cc2)c1. The molecule has 0 aliphatic rings. The second-order valence-corrected chi connectivity index (χ2v) is 4.02. The van der Waals surface area contributed by atoms with Gasteiger partial charge in [0, 0.05) is 17.2 Å². The van der Waals surface area contributed by atoms with E-state index >= 15 is 0 Å². The third-order valence-electron chi connectivity index (χ3n) is 2.61. The number of carbonyl (C=O) groups is 1. The Bertz CT molecular complexity index is 629. The number of rotatable bonds is 4. The van der Waals surface area contributed by atoms with Crippen molar-refractivity contribution in [3.8, 4) is 0 Å². The van der Waals surface area contributed by atoms with E-state index in [4.69, 9.17) is 5.41 Å². The van der Waals surface area contributed by atoms with E-state index in [9.17, 15) is 14.3 Å². The van der Waals surface area contributed by atoms with Gasteiger partial charge in [-0.25, -0.2) is 4.39 Å². The van der Waals surface area contributed by atoms with Crippen LogP contribution in [0.4, 0.5) is 4.39 Å². The van der Waals surface area contributed by atoms with Gasteiger partial charge in [-0.2, -0.15) is 4.57 Å². The number of halogens is 2.